The van der Waals surface area contributed by atoms with Gasteiger partial charge in [-0.3, -0.25) is 0 Å². The number of hydrogen-bond donors (Lipinski definition) is 2. The number of benzene rings is 1. The number of carbonyl (C=O) groups is 1. The second-order valence-corrected chi connectivity index (χ2v) is 4.50. The largest absolute Gasteiger partial charge is 0.508 e. The van der Waals surface area contributed by atoms with Crippen molar-refractivity contribution in [3.8, 4) is 11.5 Å². The normalized spacial score (nSPS) is 10.7. The number of nitrogens with zero attached hydrogens (tertiary/aromatic N) is 2. The number of fused-ring (bicyclic) bond motifs is 1. The molecule has 0 fully saturated rings. The van der Waals surface area contributed by atoms with Gasteiger partial charge in [-0.25, -0.2) is 9.78 Å². The zero-order valence-electron chi connectivity index (χ0n) is 10.9. The Morgan fingerprint density at radius 2 is 1.90 bits per heavy atom. The average molecular weight is 284 g/mol. The Balaban J connectivity index is 1.78. The number of hydrogen-bond acceptors (Lipinski definition) is 4. The molecule has 0 amide bonds. The van der Waals surface area contributed by atoms with E-state index in [1.165, 1.54) is 24.4 Å². The van der Waals surface area contributed by atoms with Crippen molar-refractivity contribution in [1.82, 2.24) is 9.38 Å². The molecule has 0 saturated heterocycles. The molecule has 3 rings (SSSR count). The van der Waals surface area contributed by atoms with Crippen LogP contribution in [0.15, 0.2) is 48.8 Å². The summed E-state index contributed by atoms with van der Waals surface area (Å²) in [7, 11) is 0. The van der Waals surface area contributed by atoms with Gasteiger partial charge in [0, 0.05) is 12.4 Å². The van der Waals surface area contributed by atoms with Gasteiger partial charge in [0.15, 0.2) is 0 Å². The molecule has 21 heavy (non-hydrogen) atoms. The minimum Gasteiger partial charge on any atom is -0.508 e. The monoisotopic (exact) mass is 284 g/mol. The molecule has 0 aliphatic rings. The molecule has 0 aliphatic carbocycles. The van der Waals surface area contributed by atoms with E-state index in [9.17, 15) is 9.90 Å². The van der Waals surface area contributed by atoms with E-state index < -0.39 is 5.97 Å². The third-order valence-electron chi connectivity index (χ3n) is 2.97. The van der Waals surface area contributed by atoms with Crippen molar-refractivity contribution in [3.05, 3.63) is 60.0 Å². The Bertz CT molecular complexity index is 793. The van der Waals surface area contributed by atoms with E-state index in [1.54, 1.807) is 28.8 Å². The van der Waals surface area contributed by atoms with Gasteiger partial charge in [0.05, 0.1) is 11.3 Å². The Morgan fingerprint density at radius 1 is 1.14 bits per heavy atom. The van der Waals surface area contributed by atoms with E-state index in [1.807, 2.05) is 0 Å². The Kier molecular flexibility index (Phi) is 3.19. The zero-order chi connectivity index (χ0) is 14.8. The van der Waals surface area contributed by atoms with Gasteiger partial charge < -0.3 is 19.4 Å². The minimum atomic E-state index is -0.979. The van der Waals surface area contributed by atoms with Crippen LogP contribution in [0.2, 0.25) is 0 Å². The summed E-state index contributed by atoms with van der Waals surface area (Å²) in [6, 6.07) is 9.56. The highest BCUT2D eigenvalue weighted by Gasteiger charge is 2.07. The Labute approximate surface area is 119 Å². The smallest absolute Gasteiger partial charge is 0.337 e. The minimum absolute atomic E-state index is 0.177. The van der Waals surface area contributed by atoms with Gasteiger partial charge in [-0.05, 0) is 36.4 Å². The number of imidazole rings is 1. The molecule has 6 heteroatoms. The van der Waals surface area contributed by atoms with Crippen LogP contribution >= 0.6 is 0 Å². The summed E-state index contributed by atoms with van der Waals surface area (Å²) in [6.45, 7) is 0.259. The highest BCUT2D eigenvalue weighted by atomic mass is 16.5. The summed E-state index contributed by atoms with van der Waals surface area (Å²) in [5, 5.41) is 18.1. The number of rotatable bonds is 4. The maximum absolute atomic E-state index is 10.9. The van der Waals surface area contributed by atoms with Crippen LogP contribution in [0.1, 0.15) is 16.1 Å². The van der Waals surface area contributed by atoms with Crippen molar-refractivity contribution in [2.24, 2.45) is 0 Å². The van der Waals surface area contributed by atoms with Crippen LogP contribution < -0.4 is 4.74 Å². The Morgan fingerprint density at radius 3 is 2.62 bits per heavy atom. The van der Waals surface area contributed by atoms with Crippen molar-refractivity contribution in [1.29, 1.82) is 0 Å². The van der Waals surface area contributed by atoms with Crippen LogP contribution in [0.25, 0.3) is 5.65 Å². The van der Waals surface area contributed by atoms with Crippen molar-refractivity contribution < 1.29 is 19.7 Å². The highest BCUT2D eigenvalue weighted by molar-refractivity contribution is 5.87. The fourth-order valence-corrected chi connectivity index (χ4v) is 1.94. The molecule has 3 aromatic rings. The number of carboxylic acids is 1. The number of aromatic hydroxyl groups is 1. The second kappa shape index (κ2) is 5.16. The number of aromatic carboxylic acids is 1. The maximum Gasteiger partial charge on any atom is 0.337 e. The van der Waals surface area contributed by atoms with Gasteiger partial charge in [-0.1, -0.05) is 0 Å². The fraction of sp³-hybridized carbons (Fsp3) is 0.0667. The quantitative estimate of drug-likeness (QED) is 0.768. The molecule has 0 saturated carbocycles. The number of phenolic OH excluding ortho intramolecular Hbond substituents is 1. The predicted molar refractivity (Wildman–Crippen MR) is 74.6 cm³/mol. The van der Waals surface area contributed by atoms with E-state index in [4.69, 9.17) is 9.84 Å². The molecule has 0 radical (unpaired) electrons. The van der Waals surface area contributed by atoms with Gasteiger partial charge >= 0.3 is 5.97 Å². The van der Waals surface area contributed by atoms with E-state index in [0.717, 1.165) is 0 Å². The topological polar surface area (TPSA) is 84.1 Å². The van der Waals surface area contributed by atoms with Gasteiger partial charge in [0.1, 0.15) is 23.8 Å². The first-order valence-electron chi connectivity index (χ1n) is 6.24. The van der Waals surface area contributed by atoms with Crippen LogP contribution in [-0.4, -0.2) is 25.6 Å². The van der Waals surface area contributed by atoms with Crippen LogP contribution in [0.5, 0.6) is 11.5 Å². The molecule has 0 atom stereocenters. The molecule has 0 bridgehead atoms. The highest BCUT2D eigenvalue weighted by Crippen LogP contribution is 2.17. The molecule has 2 N–H and O–H groups in total. The molecule has 0 spiro atoms. The molecule has 0 aliphatic heterocycles. The number of ether oxygens (including phenoxy) is 1. The number of carboxylic acid groups (broad SMARTS) is 1. The third kappa shape index (κ3) is 2.79. The standard InChI is InChI=1S/C15H12N2O4/c18-12-2-4-13(5-3-12)21-9-11-8-17-7-10(15(19)20)1-6-14(17)16-11/h1-8,18H,9H2,(H,19,20). The lowest BCUT2D eigenvalue weighted by atomic mass is 10.3. The summed E-state index contributed by atoms with van der Waals surface area (Å²) >= 11 is 0. The van der Waals surface area contributed by atoms with Gasteiger partial charge in [0.2, 0.25) is 0 Å². The van der Waals surface area contributed by atoms with Crippen molar-refractivity contribution in [3.63, 3.8) is 0 Å². The molecule has 2 heterocycles. The van der Waals surface area contributed by atoms with E-state index in [2.05, 4.69) is 4.98 Å². The van der Waals surface area contributed by atoms with E-state index in [0.29, 0.717) is 17.1 Å². The molecule has 6 nitrogen and oxygen atoms in total. The third-order valence-corrected chi connectivity index (χ3v) is 2.97. The molecule has 2 aromatic heterocycles. The molecule has 0 unspecified atom stereocenters. The summed E-state index contributed by atoms with van der Waals surface area (Å²) in [6.07, 6.45) is 3.23. The maximum atomic E-state index is 10.9. The number of pyridine rings is 1. The predicted octanol–water partition coefficient (Wildman–Crippen LogP) is 2.32. The first-order chi connectivity index (χ1) is 10.1. The fourth-order valence-electron chi connectivity index (χ4n) is 1.94. The van der Waals surface area contributed by atoms with Crippen LogP contribution in [0.3, 0.4) is 0 Å². The molecule has 106 valence electrons. The Hall–Kier alpha value is -3.02. The van der Waals surface area contributed by atoms with Crippen LogP contribution in [0, 0.1) is 0 Å². The van der Waals surface area contributed by atoms with Crippen molar-refractivity contribution in [2.75, 3.05) is 0 Å². The van der Waals surface area contributed by atoms with Gasteiger partial charge in [-0.2, -0.15) is 0 Å². The summed E-state index contributed by atoms with van der Waals surface area (Å²) < 4.78 is 7.20. The molecule has 1 aromatic carbocycles. The van der Waals surface area contributed by atoms with Crippen molar-refractivity contribution >= 4 is 11.6 Å². The van der Waals surface area contributed by atoms with E-state index in [-0.39, 0.29) is 17.9 Å². The van der Waals surface area contributed by atoms with Gasteiger partial charge in [-0.15, -0.1) is 0 Å². The lowest BCUT2D eigenvalue weighted by molar-refractivity contribution is 0.0696. The molecular weight excluding hydrogens is 272 g/mol. The zero-order valence-corrected chi connectivity index (χ0v) is 10.9. The molecular formula is C15H12N2O4. The SMILES string of the molecule is O=C(O)c1ccc2nc(COc3ccc(O)cc3)cn2c1. The first kappa shape index (κ1) is 13.0. The summed E-state index contributed by atoms with van der Waals surface area (Å²) in [5.74, 6) is -0.181. The first-order valence-corrected chi connectivity index (χ1v) is 6.24. The average Bonchev–Trinajstić information content (AvgIpc) is 2.88. The number of phenols is 1. The van der Waals surface area contributed by atoms with E-state index >= 15 is 0 Å². The lowest BCUT2D eigenvalue weighted by Gasteiger charge is -2.03. The lowest BCUT2D eigenvalue weighted by Crippen LogP contribution is -1.97. The van der Waals surface area contributed by atoms with Crippen LogP contribution in [0.4, 0.5) is 0 Å². The second-order valence-electron chi connectivity index (χ2n) is 4.50. The summed E-state index contributed by atoms with van der Waals surface area (Å²) in [4.78, 5) is 15.3. The van der Waals surface area contributed by atoms with Crippen LogP contribution in [-0.2, 0) is 6.61 Å². The number of aromatic nitrogens is 2. The van der Waals surface area contributed by atoms with Gasteiger partial charge in [0.25, 0.3) is 0 Å². The van der Waals surface area contributed by atoms with Crippen molar-refractivity contribution in [2.45, 2.75) is 6.61 Å². The summed E-state index contributed by atoms with van der Waals surface area (Å²) in [5.41, 5.74) is 1.54.